The van der Waals surface area contributed by atoms with Gasteiger partial charge in [0.25, 0.3) is 0 Å². The Morgan fingerprint density at radius 2 is 1.72 bits per heavy atom. The van der Waals surface area contributed by atoms with E-state index in [0.717, 1.165) is 5.56 Å². The van der Waals surface area contributed by atoms with E-state index in [1.165, 1.54) is 40.7 Å². The molecule has 3 rings (SSSR count). The van der Waals surface area contributed by atoms with Gasteiger partial charge in [-0.1, -0.05) is 56.7 Å². The van der Waals surface area contributed by atoms with Crippen LogP contribution in [0.2, 0.25) is 0 Å². The fraction of sp³-hybridized carbons (Fsp3) is 0.318. The largest absolute Gasteiger partial charge is 0.478 e. The molecule has 29 heavy (non-hydrogen) atoms. The zero-order chi connectivity index (χ0) is 21.6. The Labute approximate surface area is 170 Å². The van der Waals surface area contributed by atoms with E-state index < -0.39 is 39.3 Å². The smallest absolute Gasteiger partial charge is 0.333 e. The summed E-state index contributed by atoms with van der Waals surface area (Å²) in [6, 6.07) is 9.98. The van der Waals surface area contributed by atoms with Crippen molar-refractivity contribution in [1.82, 2.24) is 4.31 Å². The second-order valence-electron chi connectivity index (χ2n) is 8.34. The molecule has 5 nitrogen and oxygen atoms in total. The number of carbonyl (C=O) groups is 1. The van der Waals surface area contributed by atoms with Gasteiger partial charge in [-0.3, -0.25) is 0 Å². The van der Waals surface area contributed by atoms with Crippen LogP contribution in [0.1, 0.15) is 37.9 Å². The van der Waals surface area contributed by atoms with Gasteiger partial charge in [-0.05, 0) is 42.2 Å². The van der Waals surface area contributed by atoms with Gasteiger partial charge in [0.2, 0.25) is 10.0 Å². The molecule has 0 saturated carbocycles. The van der Waals surface area contributed by atoms with E-state index in [1.807, 2.05) is 27.7 Å². The molecule has 1 aliphatic rings. The SMILES string of the molecule is Cc1ccc(S(=O)(=O)N2C(C(C)(C)C)C=C(C(=O)O)[C@@H]2c2cccc(F)c2)cc1. The van der Waals surface area contributed by atoms with Crippen LogP contribution in [0.3, 0.4) is 0 Å². The fourth-order valence-electron chi connectivity index (χ4n) is 3.58. The van der Waals surface area contributed by atoms with Crippen molar-refractivity contribution in [1.29, 1.82) is 0 Å². The van der Waals surface area contributed by atoms with Crippen molar-refractivity contribution in [3.8, 4) is 0 Å². The first-order chi connectivity index (χ1) is 13.4. The summed E-state index contributed by atoms with van der Waals surface area (Å²) < 4.78 is 42.4. The van der Waals surface area contributed by atoms with E-state index in [1.54, 1.807) is 18.2 Å². The van der Waals surface area contributed by atoms with Crippen molar-refractivity contribution in [2.75, 3.05) is 0 Å². The first kappa shape index (κ1) is 21.2. The van der Waals surface area contributed by atoms with Crippen LogP contribution >= 0.6 is 0 Å². The number of nitrogens with zero attached hydrogens (tertiary/aromatic N) is 1. The number of aryl methyl sites for hydroxylation is 1. The van der Waals surface area contributed by atoms with Gasteiger partial charge in [0.15, 0.2) is 0 Å². The lowest BCUT2D eigenvalue weighted by atomic mass is 9.87. The third-order valence-electron chi connectivity index (χ3n) is 5.06. The van der Waals surface area contributed by atoms with Crippen LogP contribution in [0.25, 0.3) is 0 Å². The van der Waals surface area contributed by atoms with Crippen LogP contribution in [0.4, 0.5) is 4.39 Å². The number of hydrogen-bond acceptors (Lipinski definition) is 3. The molecule has 2 aromatic rings. The highest BCUT2D eigenvalue weighted by Crippen LogP contribution is 2.46. The van der Waals surface area contributed by atoms with Crippen LogP contribution in [0.15, 0.2) is 65.1 Å². The molecule has 0 fully saturated rings. The van der Waals surface area contributed by atoms with Gasteiger partial charge in [0.1, 0.15) is 5.82 Å². The topological polar surface area (TPSA) is 74.7 Å². The molecule has 0 saturated heterocycles. The number of sulfonamides is 1. The van der Waals surface area contributed by atoms with Crippen molar-refractivity contribution < 1.29 is 22.7 Å². The molecule has 0 amide bonds. The van der Waals surface area contributed by atoms with Crippen LogP contribution < -0.4 is 0 Å². The molecule has 0 radical (unpaired) electrons. The molecule has 7 heteroatoms. The van der Waals surface area contributed by atoms with Gasteiger partial charge in [0, 0.05) is 6.04 Å². The van der Waals surface area contributed by atoms with Crippen molar-refractivity contribution in [2.45, 2.75) is 44.7 Å². The zero-order valence-electron chi connectivity index (χ0n) is 16.8. The van der Waals surface area contributed by atoms with Gasteiger partial charge in [-0.15, -0.1) is 0 Å². The minimum atomic E-state index is -4.07. The molecule has 0 aromatic heterocycles. The average Bonchev–Trinajstić information content (AvgIpc) is 3.04. The Balaban J connectivity index is 2.25. The number of carboxylic acids is 1. The maximum Gasteiger partial charge on any atom is 0.333 e. The fourth-order valence-corrected chi connectivity index (χ4v) is 5.49. The molecular formula is C22H24FNO4S. The summed E-state index contributed by atoms with van der Waals surface area (Å²) >= 11 is 0. The Morgan fingerprint density at radius 3 is 2.24 bits per heavy atom. The summed E-state index contributed by atoms with van der Waals surface area (Å²) in [5.74, 6) is -1.78. The molecule has 1 N–H and O–H groups in total. The lowest BCUT2D eigenvalue weighted by Gasteiger charge is -2.37. The number of carboxylic acid groups (broad SMARTS) is 1. The molecule has 1 aliphatic heterocycles. The Bertz CT molecular complexity index is 1070. The first-order valence-corrected chi connectivity index (χ1v) is 10.7. The van der Waals surface area contributed by atoms with E-state index in [-0.39, 0.29) is 16.0 Å². The van der Waals surface area contributed by atoms with Gasteiger partial charge < -0.3 is 5.11 Å². The van der Waals surface area contributed by atoms with Crippen molar-refractivity contribution in [2.24, 2.45) is 5.41 Å². The molecule has 0 aliphatic carbocycles. The number of rotatable bonds is 4. The Hall–Kier alpha value is -2.51. The average molecular weight is 418 g/mol. The zero-order valence-corrected chi connectivity index (χ0v) is 17.6. The van der Waals surface area contributed by atoms with Gasteiger partial charge in [0.05, 0.1) is 16.5 Å². The van der Waals surface area contributed by atoms with Crippen LogP contribution in [0.5, 0.6) is 0 Å². The second kappa shape index (κ2) is 7.39. The Kier molecular flexibility index (Phi) is 5.40. The lowest BCUT2D eigenvalue weighted by Crippen LogP contribution is -2.45. The maximum atomic E-state index is 13.9. The van der Waals surface area contributed by atoms with E-state index in [2.05, 4.69) is 0 Å². The van der Waals surface area contributed by atoms with Crippen LogP contribution in [-0.2, 0) is 14.8 Å². The quantitative estimate of drug-likeness (QED) is 0.805. The van der Waals surface area contributed by atoms with E-state index in [4.69, 9.17) is 0 Å². The molecule has 0 bridgehead atoms. The first-order valence-electron chi connectivity index (χ1n) is 9.23. The summed E-state index contributed by atoms with van der Waals surface area (Å²) in [7, 11) is -4.07. The normalized spacial score (nSPS) is 20.5. The third kappa shape index (κ3) is 3.97. The van der Waals surface area contributed by atoms with Gasteiger partial charge in [-0.25, -0.2) is 17.6 Å². The molecule has 0 spiro atoms. The van der Waals surface area contributed by atoms with Crippen molar-refractivity contribution in [3.05, 3.63) is 77.1 Å². The highest BCUT2D eigenvalue weighted by atomic mass is 32.2. The van der Waals surface area contributed by atoms with E-state index >= 15 is 0 Å². The summed E-state index contributed by atoms with van der Waals surface area (Å²) in [6.07, 6.45) is 1.48. The lowest BCUT2D eigenvalue weighted by molar-refractivity contribution is -0.133. The molecule has 1 unspecified atom stereocenters. The van der Waals surface area contributed by atoms with Crippen molar-refractivity contribution in [3.63, 3.8) is 0 Å². The highest BCUT2D eigenvalue weighted by Gasteiger charge is 2.49. The van der Waals surface area contributed by atoms with Crippen LogP contribution in [-0.4, -0.2) is 29.8 Å². The van der Waals surface area contributed by atoms with E-state index in [9.17, 15) is 22.7 Å². The molecular weight excluding hydrogens is 393 g/mol. The van der Waals surface area contributed by atoms with Crippen molar-refractivity contribution >= 4 is 16.0 Å². The van der Waals surface area contributed by atoms with Crippen LogP contribution in [0, 0.1) is 18.2 Å². The monoisotopic (exact) mass is 417 g/mol. The minimum Gasteiger partial charge on any atom is -0.478 e. The number of aliphatic carboxylic acids is 1. The highest BCUT2D eigenvalue weighted by molar-refractivity contribution is 7.89. The Morgan fingerprint density at radius 1 is 1.10 bits per heavy atom. The minimum absolute atomic E-state index is 0.0683. The van der Waals surface area contributed by atoms with Gasteiger partial charge >= 0.3 is 5.97 Å². The molecule has 2 aromatic carbocycles. The summed E-state index contributed by atoms with van der Waals surface area (Å²) in [4.78, 5) is 12.1. The summed E-state index contributed by atoms with van der Waals surface area (Å²) in [6.45, 7) is 7.39. The maximum absolute atomic E-state index is 13.9. The predicted octanol–water partition coefficient (Wildman–Crippen LogP) is 4.31. The van der Waals surface area contributed by atoms with Gasteiger partial charge in [-0.2, -0.15) is 4.31 Å². The molecule has 1 heterocycles. The molecule has 154 valence electrons. The second-order valence-corrected chi connectivity index (χ2v) is 10.2. The third-order valence-corrected chi connectivity index (χ3v) is 6.92. The van der Waals surface area contributed by atoms with E-state index in [0.29, 0.717) is 0 Å². The number of benzene rings is 2. The predicted molar refractivity (Wildman–Crippen MR) is 108 cm³/mol. The molecule has 2 atom stereocenters. The summed E-state index contributed by atoms with van der Waals surface area (Å²) in [5, 5.41) is 9.80. The summed E-state index contributed by atoms with van der Waals surface area (Å²) in [5.41, 5.74) is 0.525. The number of hydrogen-bond donors (Lipinski definition) is 1. The standard InChI is InChI=1S/C22H24FNO4S/c1-14-8-10-17(11-9-14)29(27,28)24-19(22(2,3)4)13-18(21(25)26)20(24)15-6-5-7-16(23)12-15/h5-13,19-20H,1-4H3,(H,25,26)/t19?,20-/m0/s1. The number of halogens is 1.